The van der Waals surface area contributed by atoms with Crippen molar-refractivity contribution >= 4 is 23.7 Å². The van der Waals surface area contributed by atoms with E-state index in [1.54, 1.807) is 6.33 Å². The monoisotopic (exact) mass is 351 g/mol. The predicted molar refractivity (Wildman–Crippen MR) is 91.7 cm³/mol. The fraction of sp³-hybridized carbons (Fsp3) is 0.750. The Balaban J connectivity index is 1.42. The molecule has 2 N–H and O–H groups in total. The molecule has 0 spiro atoms. The molecule has 1 heterocycles. The van der Waals surface area contributed by atoms with Crippen LogP contribution in [0.5, 0.6) is 0 Å². The van der Waals surface area contributed by atoms with Crippen LogP contribution in [0.15, 0.2) is 11.5 Å². The summed E-state index contributed by atoms with van der Waals surface area (Å²) in [4.78, 5) is 24.0. The second kappa shape index (κ2) is 7.55. The summed E-state index contributed by atoms with van der Waals surface area (Å²) in [6.07, 6.45) is 7.29. The molecule has 0 radical (unpaired) electrons. The van der Waals surface area contributed by atoms with E-state index < -0.39 is 6.03 Å². The van der Waals surface area contributed by atoms with Crippen molar-refractivity contribution in [3.8, 4) is 0 Å². The van der Waals surface area contributed by atoms with Gasteiger partial charge in [-0.15, -0.1) is 10.2 Å². The fourth-order valence-corrected chi connectivity index (χ4v) is 4.00. The van der Waals surface area contributed by atoms with Crippen LogP contribution in [-0.2, 0) is 4.79 Å². The number of nitrogens with zero attached hydrogens (tertiary/aromatic N) is 3. The molecule has 0 unspecified atom stereocenters. The SMILES string of the molecule is C[C@@H]1[C@H](C)CCC[C@@H]1NC(=O)NC(=O)CSc1nncn1C1CC1. The largest absolute Gasteiger partial charge is 0.335 e. The highest BCUT2D eigenvalue weighted by Gasteiger charge is 2.29. The lowest BCUT2D eigenvalue weighted by molar-refractivity contribution is -0.117. The molecular weight excluding hydrogens is 326 g/mol. The highest BCUT2D eigenvalue weighted by molar-refractivity contribution is 7.99. The molecule has 2 aliphatic carbocycles. The molecule has 3 rings (SSSR count). The Morgan fingerprint density at radius 1 is 1.29 bits per heavy atom. The molecule has 24 heavy (non-hydrogen) atoms. The van der Waals surface area contributed by atoms with E-state index >= 15 is 0 Å². The minimum Gasteiger partial charge on any atom is -0.335 e. The Morgan fingerprint density at radius 2 is 2.08 bits per heavy atom. The maximum atomic E-state index is 12.0. The van der Waals surface area contributed by atoms with Gasteiger partial charge in [0.05, 0.1) is 5.75 Å². The van der Waals surface area contributed by atoms with E-state index in [2.05, 4.69) is 34.7 Å². The zero-order chi connectivity index (χ0) is 17.1. The van der Waals surface area contributed by atoms with Crippen molar-refractivity contribution in [1.29, 1.82) is 0 Å². The summed E-state index contributed by atoms with van der Waals surface area (Å²) in [5, 5.41) is 14.0. The van der Waals surface area contributed by atoms with Crippen molar-refractivity contribution < 1.29 is 9.59 Å². The summed E-state index contributed by atoms with van der Waals surface area (Å²) in [7, 11) is 0. The third-order valence-corrected chi connectivity index (χ3v) is 6.05. The third kappa shape index (κ3) is 4.28. The fourth-order valence-electron chi connectivity index (χ4n) is 3.22. The van der Waals surface area contributed by atoms with Crippen LogP contribution in [0.4, 0.5) is 4.79 Å². The number of rotatable bonds is 5. The molecule has 1 aromatic rings. The normalized spacial score (nSPS) is 26.8. The van der Waals surface area contributed by atoms with Crippen LogP contribution in [0.1, 0.15) is 52.0 Å². The van der Waals surface area contributed by atoms with Gasteiger partial charge in [0.25, 0.3) is 0 Å². The van der Waals surface area contributed by atoms with Gasteiger partial charge < -0.3 is 9.88 Å². The molecule has 0 aromatic carbocycles. The molecule has 0 saturated heterocycles. The molecule has 2 saturated carbocycles. The first-order valence-corrected chi connectivity index (χ1v) is 9.66. The smallest absolute Gasteiger partial charge is 0.321 e. The standard InChI is InChI=1S/C16H25N5O2S/c1-10-4-3-5-13(11(10)2)18-15(23)19-14(22)8-24-16-20-17-9-21(16)12-6-7-12/h9-13H,3-8H2,1-2H3,(H2,18,19,22,23)/t10-,11-,13+/m1/s1. The lowest BCUT2D eigenvalue weighted by Crippen LogP contribution is -2.49. The lowest BCUT2D eigenvalue weighted by atomic mass is 9.78. The molecule has 1 aromatic heterocycles. The first-order valence-electron chi connectivity index (χ1n) is 8.67. The van der Waals surface area contributed by atoms with E-state index in [0.717, 1.165) is 30.8 Å². The highest BCUT2D eigenvalue weighted by atomic mass is 32.2. The van der Waals surface area contributed by atoms with Crippen LogP contribution >= 0.6 is 11.8 Å². The van der Waals surface area contributed by atoms with Crippen LogP contribution < -0.4 is 10.6 Å². The van der Waals surface area contributed by atoms with Gasteiger partial charge in [-0.1, -0.05) is 38.5 Å². The van der Waals surface area contributed by atoms with Crippen molar-refractivity contribution in [2.75, 3.05) is 5.75 Å². The van der Waals surface area contributed by atoms with Crippen molar-refractivity contribution in [3.63, 3.8) is 0 Å². The Hall–Kier alpha value is -1.57. The van der Waals surface area contributed by atoms with Gasteiger partial charge in [-0.2, -0.15) is 0 Å². The van der Waals surface area contributed by atoms with Gasteiger partial charge in [-0.3, -0.25) is 10.1 Å². The molecule has 3 atom stereocenters. The predicted octanol–water partition coefficient (Wildman–Crippen LogP) is 2.36. The number of carbonyl (C=O) groups excluding carboxylic acids is 2. The zero-order valence-electron chi connectivity index (χ0n) is 14.2. The van der Waals surface area contributed by atoms with Gasteiger partial charge in [0.15, 0.2) is 5.16 Å². The number of amides is 3. The Morgan fingerprint density at radius 3 is 2.83 bits per heavy atom. The van der Waals surface area contributed by atoms with Gasteiger partial charge in [-0.25, -0.2) is 4.79 Å². The molecule has 8 heteroatoms. The Labute approximate surface area is 146 Å². The molecule has 0 bridgehead atoms. The summed E-state index contributed by atoms with van der Waals surface area (Å²) in [6, 6.07) is 0.228. The highest BCUT2D eigenvalue weighted by Crippen LogP contribution is 2.37. The number of hydrogen-bond donors (Lipinski definition) is 2. The van der Waals surface area contributed by atoms with Crippen LogP contribution in [0.25, 0.3) is 0 Å². The molecular formula is C16H25N5O2S. The van der Waals surface area contributed by atoms with E-state index in [-0.39, 0.29) is 17.7 Å². The van der Waals surface area contributed by atoms with E-state index in [4.69, 9.17) is 0 Å². The molecule has 3 amide bonds. The van der Waals surface area contributed by atoms with Crippen molar-refractivity contribution in [3.05, 3.63) is 6.33 Å². The van der Waals surface area contributed by atoms with Gasteiger partial charge in [0.2, 0.25) is 5.91 Å². The van der Waals surface area contributed by atoms with E-state index in [1.165, 1.54) is 18.2 Å². The molecule has 2 aliphatic rings. The number of aromatic nitrogens is 3. The number of carbonyl (C=O) groups is 2. The van der Waals surface area contributed by atoms with Crippen molar-refractivity contribution in [2.45, 2.75) is 63.2 Å². The number of urea groups is 1. The maximum Gasteiger partial charge on any atom is 0.321 e. The Kier molecular flexibility index (Phi) is 5.43. The van der Waals surface area contributed by atoms with Gasteiger partial charge in [0, 0.05) is 12.1 Å². The van der Waals surface area contributed by atoms with Crippen LogP contribution in [0, 0.1) is 11.8 Å². The van der Waals surface area contributed by atoms with Gasteiger partial charge >= 0.3 is 6.03 Å². The second-order valence-corrected chi connectivity index (χ2v) is 7.88. The first-order chi connectivity index (χ1) is 11.5. The van der Waals surface area contributed by atoms with Crippen LogP contribution in [0.2, 0.25) is 0 Å². The zero-order valence-corrected chi connectivity index (χ0v) is 15.0. The number of nitrogens with one attached hydrogen (secondary N) is 2. The number of thioether (sulfide) groups is 1. The van der Waals surface area contributed by atoms with E-state index in [9.17, 15) is 9.59 Å². The first kappa shape index (κ1) is 17.3. The summed E-state index contributed by atoms with van der Waals surface area (Å²) in [6.45, 7) is 4.38. The Bertz CT molecular complexity index is 601. The van der Waals surface area contributed by atoms with Crippen molar-refractivity contribution in [2.24, 2.45) is 11.8 Å². The minimum absolute atomic E-state index is 0.146. The van der Waals surface area contributed by atoms with E-state index in [0.29, 0.717) is 17.9 Å². The minimum atomic E-state index is -0.393. The summed E-state index contributed by atoms with van der Waals surface area (Å²) in [5.74, 6) is 0.893. The number of hydrogen-bond acceptors (Lipinski definition) is 5. The molecule has 2 fully saturated rings. The van der Waals surface area contributed by atoms with Crippen LogP contribution in [0.3, 0.4) is 0 Å². The van der Waals surface area contributed by atoms with Gasteiger partial charge in [-0.05, 0) is 31.1 Å². The average molecular weight is 351 g/mol. The van der Waals surface area contributed by atoms with Gasteiger partial charge in [0.1, 0.15) is 6.33 Å². The third-order valence-electron chi connectivity index (χ3n) is 5.09. The quantitative estimate of drug-likeness (QED) is 0.795. The summed E-state index contributed by atoms with van der Waals surface area (Å²) < 4.78 is 2.00. The maximum absolute atomic E-state index is 12.0. The van der Waals surface area contributed by atoms with Crippen molar-refractivity contribution in [1.82, 2.24) is 25.4 Å². The topological polar surface area (TPSA) is 88.9 Å². The molecule has 132 valence electrons. The number of imide groups is 1. The molecule has 7 nitrogen and oxygen atoms in total. The average Bonchev–Trinajstić information content (AvgIpc) is 3.28. The van der Waals surface area contributed by atoms with E-state index in [1.807, 2.05) is 4.57 Å². The summed E-state index contributed by atoms with van der Waals surface area (Å²) in [5.41, 5.74) is 0. The second-order valence-electron chi connectivity index (χ2n) is 6.94. The summed E-state index contributed by atoms with van der Waals surface area (Å²) >= 11 is 1.32. The molecule has 0 aliphatic heterocycles. The van der Waals surface area contributed by atoms with Crippen LogP contribution in [-0.4, -0.2) is 38.5 Å². The lowest BCUT2D eigenvalue weighted by Gasteiger charge is -2.34.